The SMILES string of the molecule is COc1cccc(C2C3=C(OC4CCC(C)CC4C3=O)C(=O)N2CCCN(C)C)c1. The summed E-state index contributed by atoms with van der Waals surface area (Å²) < 4.78 is 11.6. The number of amides is 1. The molecule has 2 heterocycles. The minimum absolute atomic E-state index is 0.101. The zero-order valence-electron chi connectivity index (χ0n) is 18.4. The molecule has 6 nitrogen and oxygen atoms in total. The van der Waals surface area contributed by atoms with Crippen molar-refractivity contribution in [1.82, 2.24) is 9.80 Å². The number of hydrogen-bond acceptors (Lipinski definition) is 5. The molecule has 6 heteroatoms. The van der Waals surface area contributed by atoms with Gasteiger partial charge >= 0.3 is 0 Å². The predicted octanol–water partition coefficient (Wildman–Crippen LogP) is 3.19. The highest BCUT2D eigenvalue weighted by molar-refractivity contribution is 6.11. The van der Waals surface area contributed by atoms with E-state index in [4.69, 9.17) is 9.47 Å². The van der Waals surface area contributed by atoms with Gasteiger partial charge in [-0.1, -0.05) is 19.1 Å². The Kier molecular flexibility index (Phi) is 5.87. The summed E-state index contributed by atoms with van der Waals surface area (Å²) in [6, 6.07) is 7.28. The molecule has 0 spiro atoms. The van der Waals surface area contributed by atoms with Crippen LogP contribution in [0.4, 0.5) is 0 Å². The number of ketones is 1. The van der Waals surface area contributed by atoms with Gasteiger partial charge in [0, 0.05) is 6.54 Å². The third-order valence-corrected chi connectivity index (χ3v) is 6.62. The lowest BCUT2D eigenvalue weighted by atomic mass is 9.74. The van der Waals surface area contributed by atoms with Crippen LogP contribution in [0.1, 0.15) is 44.2 Å². The van der Waals surface area contributed by atoms with Gasteiger partial charge in [-0.05, 0) is 69.9 Å². The van der Waals surface area contributed by atoms with Crippen molar-refractivity contribution in [2.75, 3.05) is 34.3 Å². The predicted molar refractivity (Wildman–Crippen MR) is 114 cm³/mol. The lowest BCUT2D eigenvalue weighted by Gasteiger charge is -2.37. The number of nitrogens with zero attached hydrogens (tertiary/aromatic N) is 2. The molecule has 3 aliphatic rings. The summed E-state index contributed by atoms with van der Waals surface area (Å²) in [5.74, 6) is 1.31. The lowest BCUT2D eigenvalue weighted by molar-refractivity contribution is -0.136. The summed E-state index contributed by atoms with van der Waals surface area (Å²) in [5, 5.41) is 0. The zero-order valence-corrected chi connectivity index (χ0v) is 18.4. The molecule has 1 amide bonds. The Labute approximate surface area is 178 Å². The fraction of sp³-hybridized carbons (Fsp3) is 0.583. The second-order valence-corrected chi connectivity index (χ2v) is 9.12. The van der Waals surface area contributed by atoms with Gasteiger partial charge in [-0.25, -0.2) is 0 Å². The molecular formula is C24H32N2O4. The van der Waals surface area contributed by atoms with E-state index >= 15 is 0 Å². The fourth-order valence-electron chi connectivity index (χ4n) is 5.07. The standard InChI is InChI=1S/C24H32N2O4/c1-15-9-10-19-18(13-15)22(27)20-21(16-7-5-8-17(14-16)29-4)26(12-6-11-25(2)3)24(28)23(20)30-19/h5,7-8,14-15,18-19,21H,6,9-13H2,1-4H3. The van der Waals surface area contributed by atoms with Crippen molar-refractivity contribution in [1.29, 1.82) is 0 Å². The van der Waals surface area contributed by atoms with Gasteiger partial charge in [-0.2, -0.15) is 0 Å². The van der Waals surface area contributed by atoms with E-state index in [1.54, 1.807) is 7.11 Å². The highest BCUT2D eigenvalue weighted by Gasteiger charge is 2.52. The first kappa shape index (κ1) is 20.9. The molecule has 2 aliphatic heterocycles. The summed E-state index contributed by atoms with van der Waals surface area (Å²) in [6.45, 7) is 3.64. The monoisotopic (exact) mass is 412 g/mol. The van der Waals surface area contributed by atoms with Gasteiger partial charge in [-0.3, -0.25) is 9.59 Å². The molecule has 0 radical (unpaired) electrons. The van der Waals surface area contributed by atoms with Crippen molar-refractivity contribution >= 4 is 11.7 Å². The molecule has 162 valence electrons. The van der Waals surface area contributed by atoms with E-state index in [0.29, 0.717) is 18.0 Å². The van der Waals surface area contributed by atoms with Crippen molar-refractivity contribution in [2.24, 2.45) is 11.8 Å². The highest BCUT2D eigenvalue weighted by atomic mass is 16.5. The van der Waals surface area contributed by atoms with Gasteiger partial charge in [0.2, 0.25) is 0 Å². The van der Waals surface area contributed by atoms with Crippen LogP contribution in [0.2, 0.25) is 0 Å². The second kappa shape index (κ2) is 8.42. The Hall–Kier alpha value is -2.34. The van der Waals surface area contributed by atoms with Crippen molar-refractivity contribution < 1.29 is 19.1 Å². The third kappa shape index (κ3) is 3.73. The van der Waals surface area contributed by atoms with Crippen LogP contribution in [0.25, 0.3) is 0 Å². The summed E-state index contributed by atoms with van der Waals surface area (Å²) in [7, 11) is 5.67. The maximum Gasteiger partial charge on any atom is 0.290 e. The Morgan fingerprint density at radius 2 is 2.03 bits per heavy atom. The molecule has 4 rings (SSSR count). The maximum absolute atomic E-state index is 13.6. The van der Waals surface area contributed by atoms with E-state index in [9.17, 15) is 9.59 Å². The molecule has 30 heavy (non-hydrogen) atoms. The largest absolute Gasteiger partial charge is 0.497 e. The number of ether oxygens (including phenoxy) is 2. The van der Waals surface area contributed by atoms with Crippen molar-refractivity contribution in [3.8, 4) is 5.75 Å². The van der Waals surface area contributed by atoms with E-state index in [1.165, 1.54) is 0 Å². The summed E-state index contributed by atoms with van der Waals surface area (Å²) in [6.07, 6.45) is 3.38. The molecule has 0 saturated heterocycles. The minimum atomic E-state index is -0.407. The zero-order chi connectivity index (χ0) is 21.4. The lowest BCUT2D eigenvalue weighted by Crippen LogP contribution is -2.41. The first-order valence-electron chi connectivity index (χ1n) is 11.0. The molecule has 1 saturated carbocycles. The first-order valence-corrected chi connectivity index (χ1v) is 11.0. The first-order chi connectivity index (χ1) is 14.4. The topological polar surface area (TPSA) is 59.1 Å². The molecule has 1 aliphatic carbocycles. The van der Waals surface area contributed by atoms with E-state index in [0.717, 1.165) is 43.5 Å². The van der Waals surface area contributed by atoms with E-state index in [2.05, 4.69) is 11.8 Å². The Bertz CT molecular complexity index is 863. The van der Waals surface area contributed by atoms with E-state index < -0.39 is 6.04 Å². The smallest absolute Gasteiger partial charge is 0.290 e. The average molecular weight is 413 g/mol. The number of Topliss-reactive ketones (excluding diaryl/α,β-unsaturated/α-hetero) is 1. The van der Waals surface area contributed by atoms with Crippen LogP contribution in [0.3, 0.4) is 0 Å². The average Bonchev–Trinajstić information content (AvgIpc) is 3.01. The van der Waals surface area contributed by atoms with Gasteiger partial charge < -0.3 is 19.3 Å². The molecule has 1 aromatic rings. The molecule has 1 aromatic carbocycles. The second-order valence-electron chi connectivity index (χ2n) is 9.12. The van der Waals surface area contributed by atoms with Gasteiger partial charge in [0.1, 0.15) is 11.9 Å². The fourth-order valence-corrected chi connectivity index (χ4v) is 5.07. The van der Waals surface area contributed by atoms with Gasteiger partial charge in [0.25, 0.3) is 5.91 Å². The Morgan fingerprint density at radius 3 is 2.77 bits per heavy atom. The third-order valence-electron chi connectivity index (χ3n) is 6.62. The van der Waals surface area contributed by atoms with Crippen LogP contribution in [0.15, 0.2) is 35.6 Å². The molecule has 1 fully saturated rings. The Balaban J connectivity index is 1.72. The van der Waals surface area contributed by atoms with Crippen LogP contribution in [0.5, 0.6) is 5.75 Å². The summed E-state index contributed by atoms with van der Waals surface area (Å²) in [4.78, 5) is 31.0. The molecule has 0 aromatic heterocycles. The van der Waals surface area contributed by atoms with E-state index in [-0.39, 0.29) is 29.5 Å². The molecule has 4 atom stereocenters. The summed E-state index contributed by atoms with van der Waals surface area (Å²) >= 11 is 0. The van der Waals surface area contributed by atoms with Crippen LogP contribution < -0.4 is 4.74 Å². The van der Waals surface area contributed by atoms with Crippen LogP contribution in [0, 0.1) is 11.8 Å². The molecule has 4 unspecified atom stereocenters. The normalized spacial score (nSPS) is 28.5. The van der Waals surface area contributed by atoms with Crippen molar-refractivity contribution in [2.45, 2.75) is 44.8 Å². The summed E-state index contributed by atoms with van der Waals surface area (Å²) in [5.41, 5.74) is 1.45. The highest BCUT2D eigenvalue weighted by Crippen LogP contribution is 2.47. The maximum atomic E-state index is 13.6. The number of hydrogen-bond donors (Lipinski definition) is 0. The number of benzene rings is 1. The van der Waals surface area contributed by atoms with Gasteiger partial charge in [0.15, 0.2) is 11.5 Å². The van der Waals surface area contributed by atoms with Crippen LogP contribution >= 0.6 is 0 Å². The number of rotatable bonds is 6. The number of fused-ring (bicyclic) bond motifs is 1. The van der Waals surface area contributed by atoms with Crippen molar-refractivity contribution in [3.63, 3.8) is 0 Å². The number of carbonyl (C=O) groups excluding carboxylic acids is 2. The van der Waals surface area contributed by atoms with Crippen molar-refractivity contribution in [3.05, 3.63) is 41.2 Å². The van der Waals surface area contributed by atoms with E-state index in [1.807, 2.05) is 43.3 Å². The van der Waals surface area contributed by atoms with Crippen LogP contribution in [-0.2, 0) is 14.3 Å². The quantitative estimate of drug-likeness (QED) is 0.718. The number of carbonyl (C=O) groups is 2. The Morgan fingerprint density at radius 1 is 1.23 bits per heavy atom. The minimum Gasteiger partial charge on any atom is -0.497 e. The van der Waals surface area contributed by atoms with Gasteiger partial charge in [0.05, 0.1) is 24.6 Å². The molecular weight excluding hydrogens is 380 g/mol. The van der Waals surface area contributed by atoms with Crippen LogP contribution in [-0.4, -0.2) is 61.9 Å². The van der Waals surface area contributed by atoms with Gasteiger partial charge in [-0.15, -0.1) is 0 Å². The molecule has 0 N–H and O–H groups in total. The number of methoxy groups -OCH3 is 1. The molecule has 0 bridgehead atoms.